The molecule has 2 unspecified atom stereocenters. The van der Waals surface area contributed by atoms with E-state index in [0.29, 0.717) is 5.56 Å². The van der Waals surface area contributed by atoms with Gasteiger partial charge in [-0.25, -0.2) is 0 Å². The minimum absolute atomic E-state index is 0.253. The van der Waals surface area contributed by atoms with Gasteiger partial charge < -0.3 is 5.11 Å². The molecule has 0 aliphatic rings. The molecule has 92 valence electrons. The summed E-state index contributed by atoms with van der Waals surface area (Å²) in [6.45, 7) is 3.24. The number of carboxylic acids is 1. The van der Waals surface area contributed by atoms with Crippen LogP contribution in [0, 0.1) is 6.92 Å². The first-order valence-electron chi connectivity index (χ1n) is 5.11. The quantitative estimate of drug-likeness (QED) is 0.806. The van der Waals surface area contributed by atoms with Crippen LogP contribution >= 0.6 is 0 Å². The van der Waals surface area contributed by atoms with Gasteiger partial charge in [-0.1, -0.05) is 29.8 Å². The molecule has 0 saturated carbocycles. The molecule has 4 nitrogen and oxygen atoms in total. The number of hydrogen-bond acceptors (Lipinski definition) is 3. The molecule has 1 rings (SSSR count). The molecule has 5 heteroatoms. The van der Waals surface area contributed by atoms with E-state index in [1.54, 1.807) is 24.3 Å². The number of hydrogen-bond donors (Lipinski definition) is 1. The van der Waals surface area contributed by atoms with E-state index in [1.807, 2.05) is 6.92 Å². The van der Waals surface area contributed by atoms with Crippen molar-refractivity contribution in [3.8, 4) is 0 Å². The molecule has 0 radical (unpaired) electrons. The van der Waals surface area contributed by atoms with Crippen LogP contribution in [0.2, 0.25) is 0 Å². The van der Waals surface area contributed by atoms with Gasteiger partial charge in [-0.05, 0) is 13.8 Å². The molecule has 0 aliphatic carbocycles. The zero-order valence-electron chi connectivity index (χ0n) is 9.67. The molecule has 2 atom stereocenters. The normalized spacial score (nSPS) is 14.0. The minimum atomic E-state index is -1.68. The fourth-order valence-corrected chi connectivity index (χ4v) is 2.09. The van der Waals surface area contributed by atoms with Gasteiger partial charge in [0.25, 0.3) is 0 Å². The van der Waals surface area contributed by atoms with Crippen LogP contribution in [-0.2, 0) is 15.6 Å². The maximum Gasteiger partial charge on any atom is 0.318 e. The number of carbonyl (C=O) groups is 2. The zero-order valence-corrected chi connectivity index (χ0v) is 10.5. The van der Waals surface area contributed by atoms with Crippen LogP contribution in [-0.4, -0.2) is 32.1 Å². The van der Waals surface area contributed by atoms with Gasteiger partial charge in [0.05, 0.1) is 5.75 Å². The van der Waals surface area contributed by atoms with Gasteiger partial charge >= 0.3 is 5.97 Å². The van der Waals surface area contributed by atoms with Gasteiger partial charge in [-0.2, -0.15) is 0 Å². The third kappa shape index (κ3) is 3.78. The Morgan fingerprint density at radius 3 is 2.29 bits per heavy atom. The SMILES string of the molecule is Cc1ccc(C(=O)CS(=O)C(C)C(=O)O)cc1. The summed E-state index contributed by atoms with van der Waals surface area (Å²) in [6.07, 6.45) is 0. The molecule has 1 N–H and O–H groups in total. The Bertz CT molecular complexity index is 450. The second-order valence-corrected chi connectivity index (χ2v) is 5.55. The van der Waals surface area contributed by atoms with Crippen LogP contribution in [0.1, 0.15) is 22.8 Å². The highest BCUT2D eigenvalue weighted by Gasteiger charge is 2.21. The summed E-state index contributed by atoms with van der Waals surface area (Å²) in [5.74, 6) is -1.70. The predicted octanol–water partition coefficient (Wildman–Crippen LogP) is 1.40. The Kier molecular flexibility index (Phi) is 4.57. The van der Waals surface area contributed by atoms with Crippen LogP contribution < -0.4 is 0 Å². The van der Waals surface area contributed by atoms with Crippen LogP contribution in [0.15, 0.2) is 24.3 Å². The van der Waals surface area contributed by atoms with Gasteiger partial charge in [-0.3, -0.25) is 13.8 Å². The molecular formula is C12H14O4S. The summed E-state index contributed by atoms with van der Waals surface area (Å²) in [7, 11) is -1.68. The lowest BCUT2D eigenvalue weighted by Crippen LogP contribution is -2.26. The summed E-state index contributed by atoms with van der Waals surface area (Å²) in [6, 6.07) is 6.88. The van der Waals surface area contributed by atoms with E-state index in [0.717, 1.165) is 5.56 Å². The predicted molar refractivity (Wildman–Crippen MR) is 65.6 cm³/mol. The monoisotopic (exact) mass is 254 g/mol. The molecule has 0 fully saturated rings. The van der Waals surface area contributed by atoms with Crippen molar-refractivity contribution in [2.24, 2.45) is 0 Å². The highest BCUT2D eigenvalue weighted by atomic mass is 32.2. The first-order chi connectivity index (χ1) is 7.91. The molecule has 1 aromatic carbocycles. The molecule has 0 aromatic heterocycles. The van der Waals surface area contributed by atoms with Crippen molar-refractivity contribution in [2.75, 3.05) is 5.75 Å². The second kappa shape index (κ2) is 5.72. The van der Waals surface area contributed by atoms with Gasteiger partial charge in [0.2, 0.25) is 0 Å². The van der Waals surface area contributed by atoms with Crippen LogP contribution in [0.3, 0.4) is 0 Å². The van der Waals surface area contributed by atoms with Gasteiger partial charge in [0.1, 0.15) is 5.25 Å². The lowest BCUT2D eigenvalue weighted by Gasteiger charge is -2.06. The maximum absolute atomic E-state index is 11.7. The van der Waals surface area contributed by atoms with Crippen molar-refractivity contribution in [3.05, 3.63) is 35.4 Å². The number of ketones is 1. The number of aliphatic carboxylic acids is 1. The summed E-state index contributed by atoms with van der Waals surface area (Å²) in [5.41, 5.74) is 1.49. The van der Waals surface area contributed by atoms with Crippen molar-refractivity contribution in [1.29, 1.82) is 0 Å². The summed E-state index contributed by atoms with van der Waals surface area (Å²) in [4.78, 5) is 22.3. The highest BCUT2D eigenvalue weighted by molar-refractivity contribution is 7.87. The lowest BCUT2D eigenvalue weighted by molar-refractivity contribution is -0.136. The van der Waals surface area contributed by atoms with E-state index in [-0.39, 0.29) is 11.5 Å². The van der Waals surface area contributed by atoms with Crippen molar-refractivity contribution in [2.45, 2.75) is 19.1 Å². The Balaban J connectivity index is 2.70. The Morgan fingerprint density at radius 1 is 1.29 bits per heavy atom. The largest absolute Gasteiger partial charge is 0.480 e. The molecule has 1 aromatic rings. The molecule has 0 bridgehead atoms. The molecule has 0 heterocycles. The van der Waals surface area contributed by atoms with Crippen molar-refractivity contribution in [1.82, 2.24) is 0 Å². The molecule has 0 spiro atoms. The second-order valence-electron chi connectivity index (χ2n) is 3.79. The van der Waals surface area contributed by atoms with E-state index in [4.69, 9.17) is 5.11 Å². The third-order valence-corrected chi connectivity index (χ3v) is 3.93. The van der Waals surface area contributed by atoms with Crippen LogP contribution in [0.25, 0.3) is 0 Å². The summed E-state index contributed by atoms with van der Waals surface area (Å²) in [5, 5.41) is 7.64. The number of carbonyl (C=O) groups excluding carboxylic acids is 1. The van der Waals surface area contributed by atoms with Crippen LogP contribution in [0.4, 0.5) is 0 Å². The van der Waals surface area contributed by atoms with E-state index in [2.05, 4.69) is 0 Å². The average Bonchev–Trinajstić information content (AvgIpc) is 2.28. The van der Waals surface area contributed by atoms with Crippen molar-refractivity contribution >= 4 is 22.6 Å². The zero-order chi connectivity index (χ0) is 13.0. The first kappa shape index (κ1) is 13.6. The molecule has 0 saturated heterocycles. The molecule has 0 amide bonds. The standard InChI is InChI=1S/C12H14O4S/c1-8-3-5-10(6-4-8)11(13)7-17(16)9(2)12(14)15/h3-6,9H,7H2,1-2H3,(H,14,15). The van der Waals surface area contributed by atoms with E-state index in [1.165, 1.54) is 6.92 Å². The van der Waals surface area contributed by atoms with E-state index in [9.17, 15) is 13.8 Å². The Labute approximate surface area is 102 Å². The highest BCUT2D eigenvalue weighted by Crippen LogP contribution is 2.06. The van der Waals surface area contributed by atoms with Gasteiger partial charge in [0.15, 0.2) is 5.78 Å². The Morgan fingerprint density at radius 2 is 1.82 bits per heavy atom. The molecule has 17 heavy (non-hydrogen) atoms. The van der Waals surface area contributed by atoms with Gasteiger partial charge in [-0.15, -0.1) is 0 Å². The summed E-state index contributed by atoms with van der Waals surface area (Å²) < 4.78 is 11.5. The fourth-order valence-electron chi connectivity index (χ4n) is 1.19. The summed E-state index contributed by atoms with van der Waals surface area (Å²) >= 11 is 0. The lowest BCUT2D eigenvalue weighted by atomic mass is 10.1. The molecular weight excluding hydrogens is 240 g/mol. The van der Waals surface area contributed by atoms with E-state index >= 15 is 0 Å². The fraction of sp³-hybridized carbons (Fsp3) is 0.333. The average molecular weight is 254 g/mol. The third-order valence-electron chi connectivity index (χ3n) is 2.39. The number of carboxylic acid groups (broad SMARTS) is 1. The minimum Gasteiger partial charge on any atom is -0.480 e. The maximum atomic E-state index is 11.7. The topological polar surface area (TPSA) is 71.4 Å². The van der Waals surface area contributed by atoms with Crippen molar-refractivity contribution in [3.63, 3.8) is 0 Å². The van der Waals surface area contributed by atoms with Gasteiger partial charge in [0, 0.05) is 16.4 Å². The number of Topliss-reactive ketones (excluding diaryl/α,β-unsaturated/α-hetero) is 1. The van der Waals surface area contributed by atoms with E-state index < -0.39 is 22.0 Å². The molecule has 0 aliphatic heterocycles. The first-order valence-corrected chi connectivity index (χ1v) is 6.50. The smallest absolute Gasteiger partial charge is 0.318 e. The Hall–Kier alpha value is -1.49. The number of benzene rings is 1. The van der Waals surface area contributed by atoms with Crippen molar-refractivity contribution < 1.29 is 18.9 Å². The van der Waals surface area contributed by atoms with Crippen LogP contribution in [0.5, 0.6) is 0 Å². The number of aryl methyl sites for hydroxylation is 1. The number of rotatable bonds is 5.